The second-order valence-electron chi connectivity index (χ2n) is 0.448. The van der Waals surface area contributed by atoms with Gasteiger partial charge in [-0.15, -0.1) is 0 Å². The van der Waals surface area contributed by atoms with E-state index in [0.29, 0.717) is 47.1 Å². The average molecular weight is 213 g/mol. The summed E-state index contributed by atoms with van der Waals surface area (Å²) in [7, 11) is -4.67. The molecule has 0 radical (unpaired) electrons. The zero-order chi connectivity index (χ0) is 6.50. The van der Waals surface area contributed by atoms with Crippen molar-refractivity contribution in [2.45, 2.75) is 0 Å². The van der Waals surface area contributed by atoms with Crippen LogP contribution in [0.4, 0.5) is 0 Å². The van der Waals surface area contributed by atoms with Crippen LogP contribution >= 0.6 is 3.76 Å². The fraction of sp³-hybridized carbons (Fsp3) is 0. The van der Waals surface area contributed by atoms with Gasteiger partial charge in [-0.1, -0.05) is 0 Å². The minimum atomic E-state index is -4.67. The van der Waals surface area contributed by atoms with Gasteiger partial charge in [0.05, 0.1) is 0 Å². The van der Waals surface area contributed by atoms with E-state index in [2.05, 4.69) is 0 Å². The SMILES string of the molecule is O=S(=O)(O)O.[Cl][K].[KH]. The first-order valence-electron chi connectivity index (χ1n) is 1.08. The molecule has 0 atom stereocenters. The molecule has 0 heterocycles. The van der Waals surface area contributed by atoms with Gasteiger partial charge < -0.3 is 0 Å². The molecule has 0 aromatic heterocycles. The Hall–Kier alpha value is 3.43. The summed E-state index contributed by atoms with van der Waals surface area (Å²) in [6.45, 7) is 0. The molecule has 0 aromatic carbocycles. The van der Waals surface area contributed by atoms with E-state index in [9.17, 15) is 0 Å². The van der Waals surface area contributed by atoms with E-state index in [1.165, 1.54) is 0 Å². The molecule has 0 aromatic rings. The van der Waals surface area contributed by atoms with E-state index >= 15 is 0 Å². The number of hydrogen-bond acceptors (Lipinski definition) is 2. The van der Waals surface area contributed by atoms with E-state index in [4.69, 9.17) is 21.3 Å². The van der Waals surface area contributed by atoms with Crippen LogP contribution in [-0.4, -0.2) is 116 Å². The molecule has 0 unspecified atom stereocenters. The fourth-order valence-electron chi connectivity index (χ4n) is 0. The van der Waals surface area contributed by atoms with Crippen LogP contribution in [0.5, 0.6) is 0 Å². The Morgan fingerprint density at radius 3 is 1.25 bits per heavy atom. The Morgan fingerprint density at radius 2 is 1.25 bits per heavy atom. The Labute approximate surface area is 126 Å². The van der Waals surface area contributed by atoms with Gasteiger partial charge >= 0.3 is 113 Å². The van der Waals surface area contributed by atoms with Crippen LogP contribution in [0.3, 0.4) is 0 Å². The Balaban J connectivity index is -0.0000000750. The second kappa shape index (κ2) is 10.4. The number of rotatable bonds is 0. The van der Waals surface area contributed by atoms with E-state index in [0.717, 1.165) is 0 Å². The molecule has 0 spiro atoms. The summed E-state index contributed by atoms with van der Waals surface area (Å²) in [6, 6.07) is 0. The van der Waals surface area contributed by atoms with Crippen molar-refractivity contribution in [3.63, 3.8) is 0 Å². The summed E-state index contributed by atoms with van der Waals surface area (Å²) < 4.78 is 36.4. The zero-order valence-corrected chi connectivity index (χ0v) is 8.19. The molecule has 0 aliphatic carbocycles. The van der Waals surface area contributed by atoms with Crippen molar-refractivity contribution >= 4 is 113 Å². The van der Waals surface area contributed by atoms with Crippen molar-refractivity contribution in [2.24, 2.45) is 0 Å². The predicted molar refractivity (Wildman–Crippen MR) is 32.9 cm³/mol. The molecule has 0 bridgehead atoms. The van der Waals surface area contributed by atoms with Gasteiger partial charge in [0.25, 0.3) is 0 Å². The van der Waals surface area contributed by atoms with Gasteiger partial charge in [-0.05, 0) is 0 Å². The van der Waals surface area contributed by atoms with Gasteiger partial charge in [-0.25, -0.2) is 0 Å². The van der Waals surface area contributed by atoms with Gasteiger partial charge in [-0.3, -0.25) is 9.11 Å². The molecular formula is H3ClK2O4S. The third kappa shape index (κ3) is 56.9. The molecule has 8 heteroatoms. The summed E-state index contributed by atoms with van der Waals surface area (Å²) in [4.78, 5) is 0. The molecule has 0 rings (SSSR count). The summed E-state index contributed by atoms with van der Waals surface area (Å²) in [5.74, 6) is 0. The van der Waals surface area contributed by atoms with Gasteiger partial charge in [0, 0.05) is 0 Å². The monoisotopic (exact) mass is 212 g/mol. The third-order valence-corrected chi connectivity index (χ3v) is 0. The molecule has 0 aliphatic rings. The third-order valence-electron chi connectivity index (χ3n) is 0. The number of halogens is 1. The molecule has 0 saturated carbocycles. The van der Waals surface area contributed by atoms with Crippen LogP contribution in [0.1, 0.15) is 0 Å². The van der Waals surface area contributed by atoms with Crippen molar-refractivity contribution in [1.29, 1.82) is 0 Å². The van der Waals surface area contributed by atoms with Crippen LogP contribution in [-0.2, 0) is 10.4 Å². The summed E-state index contributed by atoms with van der Waals surface area (Å²) >= 11 is 0.535. The van der Waals surface area contributed by atoms with Crippen LogP contribution in [0.2, 0.25) is 0 Å². The van der Waals surface area contributed by atoms with E-state index < -0.39 is 10.4 Å². The number of hydrogen-bond donors (Lipinski definition) is 2. The summed E-state index contributed by atoms with van der Waals surface area (Å²) in [6.07, 6.45) is 0. The van der Waals surface area contributed by atoms with E-state index in [1.807, 2.05) is 0 Å². The van der Waals surface area contributed by atoms with Gasteiger partial charge in [0.2, 0.25) is 0 Å². The van der Waals surface area contributed by atoms with Crippen molar-refractivity contribution in [1.82, 2.24) is 0 Å². The van der Waals surface area contributed by atoms with Crippen molar-refractivity contribution in [2.75, 3.05) is 0 Å². The van der Waals surface area contributed by atoms with Gasteiger partial charge in [-0.2, -0.15) is 8.42 Å². The van der Waals surface area contributed by atoms with E-state index in [-0.39, 0.29) is 51.4 Å². The van der Waals surface area contributed by atoms with E-state index in [1.54, 1.807) is 0 Å². The minimum absolute atomic E-state index is 0. The van der Waals surface area contributed by atoms with Crippen LogP contribution in [0.25, 0.3) is 0 Å². The Morgan fingerprint density at radius 1 is 1.25 bits per heavy atom. The molecule has 42 valence electrons. The standard InChI is InChI=1S/ClH.2K.H2O4S.H/c;;;1-5(2,3)4;/h1H;;;(H2,1,2,3,4);/q;;+1;;/p-1. The predicted octanol–water partition coefficient (Wildman–Crippen LogP) is -0.993. The molecule has 0 saturated heterocycles. The van der Waals surface area contributed by atoms with Crippen LogP contribution in [0.15, 0.2) is 0 Å². The van der Waals surface area contributed by atoms with Crippen molar-refractivity contribution in [3.05, 3.63) is 0 Å². The first-order chi connectivity index (χ1) is 3.00. The quantitative estimate of drug-likeness (QED) is 0.400. The van der Waals surface area contributed by atoms with Gasteiger partial charge in [0.1, 0.15) is 0 Å². The summed E-state index contributed by atoms with van der Waals surface area (Å²) in [5.41, 5.74) is 0. The molecule has 0 amide bonds. The first kappa shape index (κ1) is 17.5. The van der Waals surface area contributed by atoms with Crippen molar-refractivity contribution in [3.8, 4) is 0 Å². The molecule has 0 aliphatic heterocycles. The molecule has 2 N–H and O–H groups in total. The van der Waals surface area contributed by atoms with Crippen LogP contribution < -0.4 is 0 Å². The molecule has 4 nitrogen and oxygen atoms in total. The second-order valence-corrected chi connectivity index (χ2v) is 1.34. The fourth-order valence-corrected chi connectivity index (χ4v) is 0. The first-order valence-corrected chi connectivity index (χ1v) is 6.77. The van der Waals surface area contributed by atoms with Crippen molar-refractivity contribution < 1.29 is 17.5 Å². The topological polar surface area (TPSA) is 74.6 Å². The van der Waals surface area contributed by atoms with Crippen LogP contribution in [0, 0.1) is 0 Å². The summed E-state index contributed by atoms with van der Waals surface area (Å²) in [5, 5.41) is 0. The normalized spacial score (nSPS) is 8.12. The maximum absolute atomic E-state index is 8.74. The Kier molecular flexibility index (Phi) is 22.8. The molecule has 8 heavy (non-hydrogen) atoms. The maximum atomic E-state index is 8.74. The Bertz CT molecular complexity index is 97.2. The molecular weight excluding hydrogens is 210 g/mol. The average Bonchev–Trinajstić information content (AvgIpc) is 1.36. The van der Waals surface area contributed by atoms with Gasteiger partial charge in [0.15, 0.2) is 0 Å². The molecule has 0 fully saturated rings. The zero-order valence-electron chi connectivity index (χ0n) is 3.50.